The first-order valence-electron chi connectivity index (χ1n) is 6.87. The molecule has 0 radical (unpaired) electrons. The van der Waals surface area contributed by atoms with Gasteiger partial charge in [0.1, 0.15) is 0 Å². The lowest BCUT2D eigenvalue weighted by Crippen LogP contribution is -2.39. The molecule has 0 aliphatic heterocycles. The number of aromatic nitrogens is 1. The number of hydrogen-bond donors (Lipinski definition) is 0. The fourth-order valence-electron chi connectivity index (χ4n) is 1.74. The molecular weight excluding hydrogens is 242 g/mol. The van der Waals surface area contributed by atoms with Crippen LogP contribution in [0.25, 0.3) is 0 Å². The summed E-state index contributed by atoms with van der Waals surface area (Å²) in [5, 5.41) is 0. The summed E-state index contributed by atoms with van der Waals surface area (Å²) in [5.74, 6) is 0. The van der Waals surface area contributed by atoms with Gasteiger partial charge in [-0.3, -0.25) is 4.98 Å². The average Bonchev–Trinajstić information content (AvgIpc) is 2.42. The zero-order chi connectivity index (χ0) is 13.3. The minimum absolute atomic E-state index is 0.808. The lowest BCUT2D eigenvalue weighted by molar-refractivity contribution is 0.173. The Morgan fingerprint density at radius 1 is 1.06 bits per heavy atom. The molecule has 0 aliphatic rings. The van der Waals surface area contributed by atoms with E-state index in [1.54, 1.807) is 0 Å². The Labute approximate surface area is 112 Å². The molecule has 0 spiro atoms. The van der Waals surface area contributed by atoms with E-state index in [0.717, 1.165) is 38.5 Å². The van der Waals surface area contributed by atoms with Gasteiger partial charge in [-0.1, -0.05) is 13.8 Å². The second kappa shape index (κ2) is 8.40. The van der Waals surface area contributed by atoms with Crippen LogP contribution in [0, 0.1) is 0 Å². The molecule has 0 aromatic carbocycles. The van der Waals surface area contributed by atoms with Crippen molar-refractivity contribution in [3.63, 3.8) is 0 Å². The summed E-state index contributed by atoms with van der Waals surface area (Å²) in [5.41, 5.74) is 1.31. The zero-order valence-corrected chi connectivity index (χ0v) is 12.8. The highest BCUT2D eigenvalue weighted by atomic mass is 28.4. The van der Waals surface area contributed by atoms with Gasteiger partial charge >= 0.3 is 8.56 Å². The highest BCUT2D eigenvalue weighted by molar-refractivity contribution is 6.66. The zero-order valence-electron chi connectivity index (χ0n) is 11.8. The highest BCUT2D eigenvalue weighted by Gasteiger charge is 2.30. The van der Waals surface area contributed by atoms with E-state index in [4.69, 9.17) is 8.85 Å². The molecule has 1 aromatic heterocycles. The van der Waals surface area contributed by atoms with Gasteiger partial charge in [-0.2, -0.15) is 0 Å². The van der Waals surface area contributed by atoms with Gasteiger partial charge in [0.25, 0.3) is 0 Å². The third-order valence-electron chi connectivity index (χ3n) is 2.84. The van der Waals surface area contributed by atoms with Crippen LogP contribution >= 0.6 is 0 Å². The van der Waals surface area contributed by atoms with E-state index in [-0.39, 0.29) is 0 Å². The first-order chi connectivity index (χ1) is 8.70. The van der Waals surface area contributed by atoms with Gasteiger partial charge in [-0.15, -0.1) is 0 Å². The molecule has 18 heavy (non-hydrogen) atoms. The van der Waals surface area contributed by atoms with E-state index >= 15 is 0 Å². The fraction of sp³-hybridized carbons (Fsp3) is 0.643. The smallest absolute Gasteiger partial charge is 0.335 e. The first-order valence-corrected chi connectivity index (χ1v) is 9.39. The van der Waals surface area contributed by atoms with Gasteiger partial charge in [0, 0.05) is 25.6 Å². The molecule has 3 nitrogen and oxygen atoms in total. The summed E-state index contributed by atoms with van der Waals surface area (Å²) in [7, 11) is -1.99. The molecule has 0 atom stereocenters. The van der Waals surface area contributed by atoms with E-state index in [9.17, 15) is 0 Å². The van der Waals surface area contributed by atoms with Crippen LogP contribution in [-0.4, -0.2) is 26.8 Å². The normalized spacial score (nSPS) is 11.7. The summed E-state index contributed by atoms with van der Waals surface area (Å²) in [4.78, 5) is 4.04. The molecule has 1 heterocycles. The van der Waals surface area contributed by atoms with Crippen LogP contribution in [0.2, 0.25) is 12.6 Å². The van der Waals surface area contributed by atoms with Crippen molar-refractivity contribution >= 4 is 8.56 Å². The van der Waals surface area contributed by atoms with Crippen LogP contribution in [0.5, 0.6) is 0 Å². The van der Waals surface area contributed by atoms with Crippen molar-refractivity contribution in [2.24, 2.45) is 0 Å². The predicted molar refractivity (Wildman–Crippen MR) is 76.9 cm³/mol. The molecule has 1 rings (SSSR count). The standard InChI is InChI=1S/C14H25NO2Si/c1-4-11-16-18(3,17-12-5-2)13-8-14-6-9-15-10-7-14/h6-7,9-10H,4-5,8,11-13H2,1-3H3. The van der Waals surface area contributed by atoms with Crippen LogP contribution in [0.15, 0.2) is 24.5 Å². The van der Waals surface area contributed by atoms with Gasteiger partial charge in [0.05, 0.1) is 0 Å². The molecule has 0 N–H and O–H groups in total. The van der Waals surface area contributed by atoms with Crippen molar-refractivity contribution < 1.29 is 8.85 Å². The molecule has 0 aliphatic carbocycles. The van der Waals surface area contributed by atoms with Crippen molar-refractivity contribution in [1.82, 2.24) is 4.98 Å². The molecule has 0 fully saturated rings. The Kier molecular flexibility index (Phi) is 7.16. The summed E-state index contributed by atoms with van der Waals surface area (Å²) in [6.07, 6.45) is 6.79. The molecule has 0 unspecified atom stereocenters. The Morgan fingerprint density at radius 2 is 1.61 bits per heavy atom. The van der Waals surface area contributed by atoms with Gasteiger partial charge in [0.2, 0.25) is 0 Å². The second-order valence-electron chi connectivity index (χ2n) is 4.69. The van der Waals surface area contributed by atoms with Crippen molar-refractivity contribution in [3.05, 3.63) is 30.1 Å². The average molecular weight is 267 g/mol. The van der Waals surface area contributed by atoms with E-state index in [2.05, 4.69) is 37.5 Å². The van der Waals surface area contributed by atoms with Crippen LogP contribution < -0.4 is 0 Å². The van der Waals surface area contributed by atoms with E-state index in [0.29, 0.717) is 0 Å². The summed E-state index contributed by atoms with van der Waals surface area (Å²) in [6.45, 7) is 8.07. The maximum atomic E-state index is 6.00. The third kappa shape index (κ3) is 5.75. The van der Waals surface area contributed by atoms with E-state index in [1.165, 1.54) is 5.56 Å². The molecule has 0 amide bonds. The fourth-order valence-corrected chi connectivity index (χ4v) is 4.13. The number of rotatable bonds is 9. The monoisotopic (exact) mass is 267 g/mol. The van der Waals surface area contributed by atoms with E-state index < -0.39 is 8.56 Å². The quantitative estimate of drug-likeness (QED) is 0.641. The summed E-state index contributed by atoms with van der Waals surface area (Å²) < 4.78 is 12.0. The Hall–Kier alpha value is -0.713. The maximum absolute atomic E-state index is 6.00. The second-order valence-corrected chi connectivity index (χ2v) is 8.03. The van der Waals surface area contributed by atoms with Crippen LogP contribution in [0.1, 0.15) is 32.3 Å². The van der Waals surface area contributed by atoms with Gasteiger partial charge in [-0.05, 0) is 49.5 Å². The number of nitrogens with zero attached hydrogens (tertiary/aromatic N) is 1. The molecule has 0 saturated heterocycles. The van der Waals surface area contributed by atoms with E-state index in [1.807, 2.05) is 12.4 Å². The molecular formula is C14H25NO2Si. The van der Waals surface area contributed by atoms with Gasteiger partial charge in [0.15, 0.2) is 0 Å². The highest BCUT2D eigenvalue weighted by Crippen LogP contribution is 2.17. The largest absolute Gasteiger partial charge is 0.394 e. The molecule has 4 heteroatoms. The van der Waals surface area contributed by atoms with Crippen LogP contribution in [0.4, 0.5) is 0 Å². The number of pyridine rings is 1. The Balaban J connectivity index is 2.49. The molecule has 102 valence electrons. The lowest BCUT2D eigenvalue weighted by atomic mass is 10.2. The third-order valence-corrected chi connectivity index (χ3v) is 5.63. The Bertz CT molecular complexity index is 311. The Morgan fingerprint density at radius 3 is 2.11 bits per heavy atom. The van der Waals surface area contributed by atoms with Crippen molar-refractivity contribution in [3.8, 4) is 0 Å². The minimum atomic E-state index is -1.99. The lowest BCUT2D eigenvalue weighted by Gasteiger charge is -2.27. The minimum Gasteiger partial charge on any atom is -0.394 e. The van der Waals surface area contributed by atoms with Gasteiger partial charge < -0.3 is 8.85 Å². The van der Waals surface area contributed by atoms with Gasteiger partial charge in [-0.25, -0.2) is 0 Å². The predicted octanol–water partition coefficient (Wildman–Crippen LogP) is 3.55. The number of hydrogen-bond acceptors (Lipinski definition) is 3. The SMILES string of the molecule is CCCO[Si](C)(CCc1ccncc1)OCCC. The van der Waals surface area contributed by atoms with Crippen molar-refractivity contribution in [2.45, 2.75) is 45.7 Å². The number of aryl methyl sites for hydroxylation is 1. The molecule has 0 saturated carbocycles. The van der Waals surface area contributed by atoms with Crippen molar-refractivity contribution in [2.75, 3.05) is 13.2 Å². The first kappa shape index (κ1) is 15.3. The maximum Gasteiger partial charge on any atom is 0.335 e. The van der Waals surface area contributed by atoms with Crippen LogP contribution in [0.3, 0.4) is 0 Å². The summed E-state index contributed by atoms with van der Waals surface area (Å²) >= 11 is 0. The molecule has 0 bridgehead atoms. The topological polar surface area (TPSA) is 31.4 Å². The summed E-state index contributed by atoms with van der Waals surface area (Å²) in [6, 6.07) is 5.14. The van der Waals surface area contributed by atoms with Crippen LogP contribution in [-0.2, 0) is 15.3 Å². The van der Waals surface area contributed by atoms with Crippen molar-refractivity contribution in [1.29, 1.82) is 0 Å². The molecule has 1 aromatic rings.